The van der Waals surface area contributed by atoms with Crippen molar-refractivity contribution in [3.05, 3.63) is 23.0 Å². The minimum Gasteiger partial charge on any atom is -0.345 e. The monoisotopic (exact) mass is 317 g/mol. The molecule has 128 valence electrons. The standard InChI is InChI=1S/C19H31N3O/c1-13-9-16(11-20)12-21(13)19(23)18-10-14(2)22(15(18)3)17-7-5-4-6-8-17/h10,13,16-17H,4-9,11-12,20H2,1-3H3. The molecule has 2 heterocycles. The Hall–Kier alpha value is -1.29. The van der Waals surface area contributed by atoms with Crippen molar-refractivity contribution in [1.29, 1.82) is 0 Å². The fourth-order valence-corrected chi connectivity index (χ4v) is 4.65. The topological polar surface area (TPSA) is 51.3 Å². The molecule has 3 rings (SSSR count). The van der Waals surface area contributed by atoms with Crippen LogP contribution in [0.25, 0.3) is 0 Å². The molecule has 1 aliphatic carbocycles. The summed E-state index contributed by atoms with van der Waals surface area (Å²) in [6.45, 7) is 7.90. The van der Waals surface area contributed by atoms with Gasteiger partial charge in [-0.1, -0.05) is 19.3 Å². The molecule has 4 nitrogen and oxygen atoms in total. The average Bonchev–Trinajstić information content (AvgIpc) is 3.07. The van der Waals surface area contributed by atoms with Gasteiger partial charge in [0.25, 0.3) is 5.91 Å². The largest absolute Gasteiger partial charge is 0.345 e. The summed E-state index contributed by atoms with van der Waals surface area (Å²) in [5.74, 6) is 0.652. The van der Waals surface area contributed by atoms with Crippen LogP contribution in [0.3, 0.4) is 0 Å². The summed E-state index contributed by atoms with van der Waals surface area (Å²) in [5, 5.41) is 0. The van der Waals surface area contributed by atoms with E-state index < -0.39 is 0 Å². The molecule has 2 atom stereocenters. The number of nitrogens with two attached hydrogens (primary N) is 1. The second-order valence-electron chi connectivity index (χ2n) is 7.59. The lowest BCUT2D eigenvalue weighted by Gasteiger charge is -2.27. The lowest BCUT2D eigenvalue weighted by Crippen LogP contribution is -2.34. The Morgan fingerprint density at radius 3 is 2.57 bits per heavy atom. The molecule has 1 saturated heterocycles. The molecular formula is C19H31N3O. The SMILES string of the molecule is Cc1cc(C(=O)N2CC(CN)CC2C)c(C)n1C1CCCCC1. The number of carbonyl (C=O) groups excluding carboxylic acids is 1. The quantitative estimate of drug-likeness (QED) is 0.928. The van der Waals surface area contributed by atoms with E-state index in [0.717, 1.165) is 24.2 Å². The van der Waals surface area contributed by atoms with Gasteiger partial charge in [0.2, 0.25) is 0 Å². The van der Waals surface area contributed by atoms with Crippen molar-refractivity contribution in [1.82, 2.24) is 9.47 Å². The molecule has 1 aliphatic heterocycles. The van der Waals surface area contributed by atoms with Gasteiger partial charge < -0.3 is 15.2 Å². The molecule has 1 aromatic heterocycles. The summed E-state index contributed by atoms with van der Waals surface area (Å²) >= 11 is 0. The highest BCUT2D eigenvalue weighted by molar-refractivity contribution is 5.96. The second-order valence-corrected chi connectivity index (χ2v) is 7.59. The van der Waals surface area contributed by atoms with E-state index in [1.54, 1.807) is 0 Å². The maximum atomic E-state index is 13.1. The summed E-state index contributed by atoms with van der Waals surface area (Å²) in [4.78, 5) is 15.1. The zero-order valence-electron chi connectivity index (χ0n) is 14.8. The van der Waals surface area contributed by atoms with E-state index in [4.69, 9.17) is 5.73 Å². The van der Waals surface area contributed by atoms with Crippen LogP contribution in [0.4, 0.5) is 0 Å². The molecule has 0 radical (unpaired) electrons. The number of amides is 1. The Kier molecular flexibility index (Phi) is 4.81. The molecule has 2 aliphatic rings. The lowest BCUT2D eigenvalue weighted by atomic mass is 9.95. The van der Waals surface area contributed by atoms with Crippen molar-refractivity contribution in [2.45, 2.75) is 71.4 Å². The predicted molar refractivity (Wildman–Crippen MR) is 93.7 cm³/mol. The predicted octanol–water partition coefficient (Wildman–Crippen LogP) is 3.42. The summed E-state index contributed by atoms with van der Waals surface area (Å²) in [6, 6.07) is 2.99. The van der Waals surface area contributed by atoms with Gasteiger partial charge in [0.1, 0.15) is 0 Å². The van der Waals surface area contributed by atoms with Crippen molar-refractivity contribution in [2.24, 2.45) is 11.7 Å². The summed E-state index contributed by atoms with van der Waals surface area (Å²) in [7, 11) is 0. The first kappa shape index (κ1) is 16.6. The number of hydrogen-bond acceptors (Lipinski definition) is 2. The number of aryl methyl sites for hydroxylation is 1. The van der Waals surface area contributed by atoms with Crippen LogP contribution < -0.4 is 5.73 Å². The molecule has 0 bridgehead atoms. The van der Waals surface area contributed by atoms with Crippen LogP contribution in [-0.2, 0) is 0 Å². The number of nitrogens with zero attached hydrogens (tertiary/aromatic N) is 2. The van der Waals surface area contributed by atoms with Gasteiger partial charge in [-0.05, 0) is 58.6 Å². The second kappa shape index (κ2) is 6.68. The zero-order chi connectivity index (χ0) is 16.6. The van der Waals surface area contributed by atoms with Crippen LogP contribution in [-0.4, -0.2) is 34.5 Å². The van der Waals surface area contributed by atoms with E-state index in [1.807, 2.05) is 4.90 Å². The summed E-state index contributed by atoms with van der Waals surface area (Å²) < 4.78 is 2.42. The summed E-state index contributed by atoms with van der Waals surface area (Å²) in [6.07, 6.45) is 7.51. The molecule has 1 saturated carbocycles. The van der Waals surface area contributed by atoms with Gasteiger partial charge in [-0.2, -0.15) is 0 Å². The lowest BCUT2D eigenvalue weighted by molar-refractivity contribution is 0.0742. The molecule has 1 amide bonds. The van der Waals surface area contributed by atoms with Crippen molar-refractivity contribution < 1.29 is 4.79 Å². The molecular weight excluding hydrogens is 286 g/mol. The van der Waals surface area contributed by atoms with E-state index >= 15 is 0 Å². The molecule has 23 heavy (non-hydrogen) atoms. The smallest absolute Gasteiger partial charge is 0.255 e. The highest BCUT2D eigenvalue weighted by Crippen LogP contribution is 2.33. The molecule has 1 aromatic rings. The van der Waals surface area contributed by atoms with Crippen LogP contribution in [0.5, 0.6) is 0 Å². The number of likely N-dealkylation sites (tertiary alicyclic amines) is 1. The number of aromatic nitrogens is 1. The van der Waals surface area contributed by atoms with Gasteiger partial charge in [-0.15, -0.1) is 0 Å². The maximum Gasteiger partial charge on any atom is 0.255 e. The fraction of sp³-hybridized carbons (Fsp3) is 0.737. The average molecular weight is 317 g/mol. The van der Waals surface area contributed by atoms with Crippen LogP contribution in [0.15, 0.2) is 6.07 Å². The Balaban J connectivity index is 1.84. The Labute approximate surface area is 140 Å². The van der Waals surface area contributed by atoms with Gasteiger partial charge in [-0.25, -0.2) is 0 Å². The van der Waals surface area contributed by atoms with E-state index in [9.17, 15) is 4.79 Å². The van der Waals surface area contributed by atoms with E-state index in [0.29, 0.717) is 24.5 Å². The van der Waals surface area contributed by atoms with Crippen molar-refractivity contribution in [3.63, 3.8) is 0 Å². The molecule has 0 spiro atoms. The van der Waals surface area contributed by atoms with Gasteiger partial charge in [-0.3, -0.25) is 4.79 Å². The van der Waals surface area contributed by atoms with Crippen molar-refractivity contribution in [2.75, 3.05) is 13.1 Å². The third-order valence-electron chi connectivity index (χ3n) is 5.91. The van der Waals surface area contributed by atoms with Crippen molar-refractivity contribution in [3.8, 4) is 0 Å². The van der Waals surface area contributed by atoms with Gasteiger partial charge in [0.15, 0.2) is 0 Å². The minimum absolute atomic E-state index is 0.198. The van der Waals surface area contributed by atoms with Crippen LogP contribution in [0.2, 0.25) is 0 Å². The first-order valence-corrected chi connectivity index (χ1v) is 9.22. The number of carbonyl (C=O) groups is 1. The van der Waals surface area contributed by atoms with Gasteiger partial charge in [0, 0.05) is 30.0 Å². The first-order chi connectivity index (χ1) is 11.0. The van der Waals surface area contributed by atoms with Gasteiger partial charge >= 0.3 is 0 Å². The molecule has 0 aromatic carbocycles. The fourth-order valence-electron chi connectivity index (χ4n) is 4.65. The third-order valence-corrected chi connectivity index (χ3v) is 5.91. The Morgan fingerprint density at radius 1 is 1.26 bits per heavy atom. The van der Waals surface area contributed by atoms with E-state index in [2.05, 4.69) is 31.4 Å². The zero-order valence-corrected chi connectivity index (χ0v) is 14.8. The van der Waals surface area contributed by atoms with E-state index in [1.165, 1.54) is 37.8 Å². The summed E-state index contributed by atoms with van der Waals surface area (Å²) in [5.41, 5.74) is 9.10. The highest BCUT2D eigenvalue weighted by atomic mass is 16.2. The van der Waals surface area contributed by atoms with Crippen LogP contribution >= 0.6 is 0 Å². The third kappa shape index (κ3) is 3.06. The van der Waals surface area contributed by atoms with Crippen molar-refractivity contribution >= 4 is 5.91 Å². The molecule has 2 fully saturated rings. The van der Waals surface area contributed by atoms with E-state index in [-0.39, 0.29) is 5.91 Å². The van der Waals surface area contributed by atoms with Crippen LogP contribution in [0, 0.1) is 19.8 Å². The maximum absolute atomic E-state index is 13.1. The molecule has 2 N–H and O–H groups in total. The number of rotatable bonds is 3. The Morgan fingerprint density at radius 2 is 1.96 bits per heavy atom. The van der Waals surface area contributed by atoms with Crippen LogP contribution in [0.1, 0.15) is 73.2 Å². The normalized spacial score (nSPS) is 26.0. The molecule has 4 heteroatoms. The first-order valence-electron chi connectivity index (χ1n) is 9.22. The van der Waals surface area contributed by atoms with Gasteiger partial charge in [0.05, 0.1) is 5.56 Å². The molecule has 2 unspecified atom stereocenters. The minimum atomic E-state index is 0.198. The highest BCUT2D eigenvalue weighted by Gasteiger charge is 2.34. The Bertz CT molecular complexity index is 571. The number of hydrogen-bond donors (Lipinski definition) is 1.